The second kappa shape index (κ2) is 4.79. The van der Waals surface area contributed by atoms with Crippen molar-refractivity contribution >= 4 is 0 Å². The van der Waals surface area contributed by atoms with Crippen LogP contribution in [0.2, 0.25) is 0 Å². The molecule has 2 aromatic rings. The zero-order valence-corrected chi connectivity index (χ0v) is 11.2. The molecule has 0 atom stereocenters. The van der Waals surface area contributed by atoms with Crippen LogP contribution in [0.4, 0.5) is 0 Å². The van der Waals surface area contributed by atoms with Crippen molar-refractivity contribution in [3.63, 3.8) is 0 Å². The van der Waals surface area contributed by atoms with Crippen molar-refractivity contribution in [3.05, 3.63) is 66.8 Å². The van der Waals surface area contributed by atoms with Crippen LogP contribution in [0, 0.1) is 21.0 Å². The van der Waals surface area contributed by atoms with Gasteiger partial charge in [0.15, 0.2) is 7.14 Å². The molecule has 0 N–H and O–H groups in total. The Labute approximate surface area is 102 Å². The molecule has 0 aliphatic carbocycles. The van der Waals surface area contributed by atoms with Crippen LogP contribution in [-0.4, -0.2) is 0 Å². The van der Waals surface area contributed by atoms with Crippen LogP contribution in [0.15, 0.2) is 48.5 Å². The quantitative estimate of drug-likeness (QED) is 0.706. The molecule has 0 radical (unpaired) electrons. The summed E-state index contributed by atoms with van der Waals surface area (Å²) in [5.41, 5.74) is 2.76. The average Bonchev–Trinajstić information content (AvgIpc) is 2.25. The third-order valence-electron chi connectivity index (χ3n) is 2.30. The highest BCUT2D eigenvalue weighted by Crippen LogP contribution is 1.96. The lowest BCUT2D eigenvalue weighted by Crippen LogP contribution is -3.61. The van der Waals surface area contributed by atoms with Crippen LogP contribution in [0.5, 0.6) is 0 Å². The van der Waals surface area contributed by atoms with Gasteiger partial charge in [0, 0.05) is 5.56 Å². The zero-order valence-electron chi connectivity index (χ0n) is 9.00. The van der Waals surface area contributed by atoms with Crippen LogP contribution < -0.4 is 21.2 Å². The molecular weight excluding hydrogens is 295 g/mol. The van der Waals surface area contributed by atoms with Gasteiger partial charge in [-0.2, -0.15) is 0 Å². The Morgan fingerprint density at radius 1 is 0.800 bits per heavy atom. The van der Waals surface area contributed by atoms with Crippen molar-refractivity contribution in [3.8, 4) is 0 Å². The molecule has 0 saturated heterocycles. The van der Waals surface area contributed by atoms with E-state index < -0.39 is 0 Å². The molecule has 0 unspecified atom stereocenters. The molecule has 0 bridgehead atoms. The maximum atomic E-state index is 2.26. The van der Waals surface area contributed by atoms with Gasteiger partial charge in [-0.05, 0) is 32.0 Å². The van der Waals surface area contributed by atoms with Crippen molar-refractivity contribution in [1.82, 2.24) is 0 Å². The number of rotatable bonds is 2. The van der Waals surface area contributed by atoms with Gasteiger partial charge in [0.1, 0.15) is 0 Å². The Bertz CT molecular complexity index is 443. The summed E-state index contributed by atoms with van der Waals surface area (Å²) in [6.45, 7) is 4.33. The molecule has 2 rings (SSSR count). The van der Waals surface area contributed by atoms with Crippen LogP contribution in [-0.2, 0) is 0 Å². The van der Waals surface area contributed by atoms with Crippen molar-refractivity contribution in [1.29, 1.82) is 0 Å². The molecule has 0 aromatic heterocycles. The van der Waals surface area contributed by atoms with E-state index in [-0.39, 0.29) is 21.2 Å². The van der Waals surface area contributed by atoms with Crippen LogP contribution in [0.25, 0.3) is 0 Å². The second-order valence-electron chi connectivity index (χ2n) is 3.64. The monoisotopic (exact) mass is 309 g/mol. The van der Waals surface area contributed by atoms with Crippen molar-refractivity contribution in [2.45, 2.75) is 13.8 Å². The van der Waals surface area contributed by atoms with Crippen LogP contribution >= 0.6 is 0 Å². The highest BCUT2D eigenvalue weighted by atomic mass is 127. The lowest BCUT2D eigenvalue weighted by atomic mass is 10.2. The summed E-state index contributed by atoms with van der Waals surface area (Å²) in [5.74, 6) is 0. The molecule has 2 aromatic carbocycles. The van der Waals surface area contributed by atoms with Gasteiger partial charge in [0.05, 0.1) is 0 Å². The Hall–Kier alpha value is -0.830. The van der Waals surface area contributed by atoms with E-state index in [0.717, 1.165) is 0 Å². The Morgan fingerprint density at radius 2 is 1.47 bits per heavy atom. The molecule has 0 nitrogen and oxygen atoms in total. The van der Waals surface area contributed by atoms with E-state index in [9.17, 15) is 0 Å². The van der Waals surface area contributed by atoms with E-state index >= 15 is 0 Å². The van der Waals surface area contributed by atoms with Gasteiger partial charge >= 0.3 is 21.2 Å². The van der Waals surface area contributed by atoms with E-state index in [1.54, 1.807) is 0 Å². The van der Waals surface area contributed by atoms with Crippen LogP contribution in [0.1, 0.15) is 11.1 Å². The predicted molar refractivity (Wildman–Crippen MR) is 59.8 cm³/mol. The van der Waals surface area contributed by atoms with Crippen molar-refractivity contribution < 1.29 is 21.2 Å². The SMILES string of the molecule is Cc1ccc([I+]c2ccccc2C)cc1. The average molecular weight is 309 g/mol. The lowest BCUT2D eigenvalue weighted by molar-refractivity contribution is -0.598. The summed E-state index contributed by atoms with van der Waals surface area (Å²) in [7, 11) is 0. The number of benzene rings is 2. The van der Waals surface area contributed by atoms with E-state index in [1.807, 2.05) is 0 Å². The van der Waals surface area contributed by atoms with Gasteiger partial charge in [-0.15, -0.1) is 0 Å². The topological polar surface area (TPSA) is 0 Å². The van der Waals surface area contributed by atoms with Gasteiger partial charge in [-0.25, -0.2) is 0 Å². The Balaban J connectivity index is 2.22. The smallest absolute Gasteiger partial charge is 0.0617 e. The number of halogens is 1. The fourth-order valence-electron chi connectivity index (χ4n) is 1.37. The minimum atomic E-state index is -0.00580. The lowest BCUT2D eigenvalue weighted by Gasteiger charge is -1.92. The van der Waals surface area contributed by atoms with E-state index in [1.165, 1.54) is 18.3 Å². The summed E-state index contributed by atoms with van der Waals surface area (Å²) in [4.78, 5) is 0. The third kappa shape index (κ3) is 2.81. The number of hydrogen-bond acceptors (Lipinski definition) is 0. The molecule has 0 spiro atoms. The molecule has 0 aliphatic heterocycles. The highest BCUT2D eigenvalue weighted by molar-refractivity contribution is 5.14. The van der Waals surface area contributed by atoms with E-state index in [4.69, 9.17) is 0 Å². The van der Waals surface area contributed by atoms with Gasteiger partial charge in [0.2, 0.25) is 0 Å². The zero-order chi connectivity index (χ0) is 10.7. The molecule has 0 aliphatic rings. The van der Waals surface area contributed by atoms with E-state index in [2.05, 4.69) is 62.4 Å². The van der Waals surface area contributed by atoms with E-state index in [0.29, 0.717) is 0 Å². The largest absolute Gasteiger partial charge is 0.358 e. The molecule has 76 valence electrons. The molecule has 1 heteroatoms. The van der Waals surface area contributed by atoms with Gasteiger partial charge in [0.25, 0.3) is 0 Å². The first-order valence-corrected chi connectivity index (χ1v) is 7.18. The third-order valence-corrected chi connectivity index (χ3v) is 5.43. The molecule has 0 amide bonds. The summed E-state index contributed by atoms with van der Waals surface area (Å²) >= 11 is -0.00580. The summed E-state index contributed by atoms with van der Waals surface area (Å²) in [5, 5.41) is 0. The first-order valence-electron chi connectivity index (χ1n) is 5.03. The molecule has 0 saturated carbocycles. The van der Waals surface area contributed by atoms with Gasteiger partial charge < -0.3 is 0 Å². The second-order valence-corrected chi connectivity index (χ2v) is 6.59. The van der Waals surface area contributed by atoms with Gasteiger partial charge in [-0.1, -0.05) is 35.9 Å². The standard InChI is InChI=1S/C14H14I/c1-11-7-9-13(10-8-11)15-14-6-4-3-5-12(14)2/h3-10H,1-2H3/q+1. The molecule has 0 heterocycles. The van der Waals surface area contributed by atoms with Crippen molar-refractivity contribution in [2.24, 2.45) is 0 Å². The Kier molecular flexibility index (Phi) is 3.41. The predicted octanol–water partition coefficient (Wildman–Crippen LogP) is 0.432. The molecular formula is C14H14I+. The number of hydrogen-bond donors (Lipinski definition) is 0. The van der Waals surface area contributed by atoms with Gasteiger partial charge in [-0.3, -0.25) is 0 Å². The molecule has 15 heavy (non-hydrogen) atoms. The summed E-state index contributed by atoms with van der Waals surface area (Å²) < 4.78 is 3.02. The van der Waals surface area contributed by atoms with Crippen molar-refractivity contribution in [2.75, 3.05) is 0 Å². The Morgan fingerprint density at radius 3 is 2.13 bits per heavy atom. The summed E-state index contributed by atoms with van der Waals surface area (Å²) in [6, 6.07) is 17.6. The van der Waals surface area contributed by atoms with Crippen LogP contribution in [0.3, 0.4) is 0 Å². The number of aryl methyl sites for hydroxylation is 2. The fourth-order valence-corrected chi connectivity index (χ4v) is 3.75. The maximum absolute atomic E-state index is 2.26. The minimum absolute atomic E-state index is 0.00580. The first kappa shape index (κ1) is 10.7. The first-order chi connectivity index (χ1) is 7.25. The minimum Gasteiger partial charge on any atom is -0.0617 e. The summed E-state index contributed by atoms with van der Waals surface area (Å²) in [6.07, 6.45) is 0. The molecule has 0 fully saturated rings. The maximum Gasteiger partial charge on any atom is 0.358 e. The fraction of sp³-hybridized carbons (Fsp3) is 0.143. The normalized spacial score (nSPS) is 10.3. The highest BCUT2D eigenvalue weighted by Gasteiger charge is 2.16.